The van der Waals surface area contributed by atoms with Crippen LogP contribution in [0.1, 0.15) is 34.7 Å². The zero-order chi connectivity index (χ0) is 26.1. The highest BCUT2D eigenvalue weighted by atomic mass is 32.1. The van der Waals surface area contributed by atoms with E-state index in [0.717, 1.165) is 45.5 Å². The number of nitrogens with one attached hydrogen (secondary N) is 1. The van der Waals surface area contributed by atoms with Gasteiger partial charge in [-0.2, -0.15) is 0 Å². The summed E-state index contributed by atoms with van der Waals surface area (Å²) in [5, 5.41) is 4.20. The van der Waals surface area contributed by atoms with Crippen LogP contribution in [0, 0.1) is 13.8 Å². The Morgan fingerprint density at radius 2 is 1.63 bits per heavy atom. The zero-order valence-corrected chi connectivity index (χ0v) is 22.0. The molecule has 7 heteroatoms. The van der Waals surface area contributed by atoms with E-state index in [-0.39, 0.29) is 12.1 Å². The number of pyridine rings is 2. The van der Waals surface area contributed by atoms with E-state index in [1.54, 1.807) is 6.20 Å². The molecule has 1 saturated heterocycles. The summed E-state index contributed by atoms with van der Waals surface area (Å²) in [6, 6.07) is 30.1. The molecule has 1 aliphatic rings. The molecule has 1 aliphatic heterocycles. The molecular weight excluding hydrogens is 490 g/mol. The maximum atomic E-state index is 6.15. The van der Waals surface area contributed by atoms with Crippen LogP contribution in [0.5, 0.6) is 11.5 Å². The number of thiocarbonyl (C=S) groups is 1. The topological polar surface area (TPSA) is 55.2 Å². The molecule has 188 valence electrons. The number of hydrogen-bond acceptors (Lipinski definition) is 4. The van der Waals surface area contributed by atoms with Gasteiger partial charge in [0.05, 0.1) is 23.6 Å². The number of nitrogens with zero attached hydrogens (tertiary/aromatic N) is 4. The van der Waals surface area contributed by atoms with Crippen molar-refractivity contribution in [1.29, 1.82) is 0 Å². The molecule has 4 heterocycles. The minimum absolute atomic E-state index is 0.142. The number of aryl methyl sites for hydroxylation is 2. The largest absolute Gasteiger partial charge is 0.457 e. The summed E-state index contributed by atoms with van der Waals surface area (Å²) in [4.78, 5) is 11.2. The highest BCUT2D eigenvalue weighted by molar-refractivity contribution is 7.80. The lowest BCUT2D eigenvalue weighted by Gasteiger charge is -2.29. The lowest BCUT2D eigenvalue weighted by Crippen LogP contribution is -2.30. The summed E-state index contributed by atoms with van der Waals surface area (Å²) in [6.07, 6.45) is 5.50. The third kappa shape index (κ3) is 4.41. The van der Waals surface area contributed by atoms with Gasteiger partial charge in [0.15, 0.2) is 5.11 Å². The van der Waals surface area contributed by atoms with Gasteiger partial charge in [-0.25, -0.2) is 0 Å². The van der Waals surface area contributed by atoms with Gasteiger partial charge in [-0.15, -0.1) is 0 Å². The number of benzene rings is 2. The molecule has 0 radical (unpaired) electrons. The van der Waals surface area contributed by atoms with E-state index in [4.69, 9.17) is 17.0 Å². The Balaban J connectivity index is 1.42. The quantitative estimate of drug-likeness (QED) is 0.249. The molecular formula is C31H27N5OS. The molecule has 0 amide bonds. The highest BCUT2D eigenvalue weighted by Crippen LogP contribution is 2.43. The predicted molar refractivity (Wildman–Crippen MR) is 154 cm³/mol. The Morgan fingerprint density at radius 3 is 2.37 bits per heavy atom. The van der Waals surface area contributed by atoms with E-state index >= 15 is 0 Å². The third-order valence-electron chi connectivity index (χ3n) is 6.85. The summed E-state index contributed by atoms with van der Waals surface area (Å²) in [5.41, 5.74) is 6.21. The summed E-state index contributed by atoms with van der Waals surface area (Å²) < 4.78 is 8.39. The second-order valence-electron chi connectivity index (χ2n) is 9.30. The van der Waals surface area contributed by atoms with E-state index in [9.17, 15) is 0 Å². The molecule has 38 heavy (non-hydrogen) atoms. The van der Waals surface area contributed by atoms with E-state index in [0.29, 0.717) is 5.11 Å². The molecule has 0 unspecified atom stereocenters. The summed E-state index contributed by atoms with van der Waals surface area (Å²) >= 11 is 5.93. The van der Waals surface area contributed by atoms with Gasteiger partial charge in [0.2, 0.25) is 0 Å². The minimum Gasteiger partial charge on any atom is -0.457 e. The normalized spacial score (nSPS) is 16.9. The number of anilines is 1. The van der Waals surface area contributed by atoms with Crippen LogP contribution in [-0.4, -0.2) is 19.6 Å². The van der Waals surface area contributed by atoms with Crippen molar-refractivity contribution in [3.8, 4) is 17.2 Å². The van der Waals surface area contributed by atoms with Crippen LogP contribution in [0.3, 0.4) is 0 Å². The second kappa shape index (κ2) is 10.1. The molecule has 0 saturated carbocycles. The van der Waals surface area contributed by atoms with Gasteiger partial charge < -0.3 is 19.5 Å². The van der Waals surface area contributed by atoms with Crippen molar-refractivity contribution in [2.45, 2.75) is 25.9 Å². The molecule has 5 aromatic rings. The molecule has 1 fully saturated rings. The van der Waals surface area contributed by atoms with E-state index in [2.05, 4.69) is 62.0 Å². The van der Waals surface area contributed by atoms with Crippen molar-refractivity contribution in [2.24, 2.45) is 0 Å². The number of para-hydroxylation sites is 1. The van der Waals surface area contributed by atoms with Crippen molar-refractivity contribution in [1.82, 2.24) is 19.9 Å². The van der Waals surface area contributed by atoms with Crippen molar-refractivity contribution in [2.75, 3.05) is 4.90 Å². The fraction of sp³-hybridized carbons (Fsp3) is 0.129. The summed E-state index contributed by atoms with van der Waals surface area (Å²) in [6.45, 7) is 4.15. The van der Waals surface area contributed by atoms with Gasteiger partial charge in [-0.3, -0.25) is 9.97 Å². The maximum absolute atomic E-state index is 6.15. The van der Waals surface area contributed by atoms with Gasteiger partial charge in [-0.05, 0) is 98.4 Å². The Kier molecular flexibility index (Phi) is 6.35. The van der Waals surface area contributed by atoms with Gasteiger partial charge in [-0.1, -0.05) is 24.3 Å². The third-order valence-corrected chi connectivity index (χ3v) is 7.16. The smallest absolute Gasteiger partial charge is 0.174 e. The maximum Gasteiger partial charge on any atom is 0.174 e. The first-order valence-electron chi connectivity index (χ1n) is 12.5. The van der Waals surface area contributed by atoms with Gasteiger partial charge in [0, 0.05) is 29.5 Å². The molecule has 2 aromatic carbocycles. The van der Waals surface area contributed by atoms with E-state index in [1.165, 1.54) is 0 Å². The lowest BCUT2D eigenvalue weighted by atomic mass is 10.0. The van der Waals surface area contributed by atoms with Crippen molar-refractivity contribution in [3.63, 3.8) is 0 Å². The Morgan fingerprint density at radius 1 is 0.816 bits per heavy atom. The average Bonchev–Trinajstić information content (AvgIpc) is 3.50. The molecule has 6 nitrogen and oxygen atoms in total. The van der Waals surface area contributed by atoms with E-state index in [1.807, 2.05) is 80.0 Å². The molecule has 0 bridgehead atoms. The van der Waals surface area contributed by atoms with Gasteiger partial charge in [0.1, 0.15) is 17.5 Å². The molecule has 0 aliphatic carbocycles. The fourth-order valence-electron chi connectivity index (χ4n) is 5.03. The van der Waals surface area contributed by atoms with Crippen LogP contribution in [0.2, 0.25) is 0 Å². The van der Waals surface area contributed by atoms with Crippen LogP contribution in [-0.2, 0) is 0 Å². The van der Waals surface area contributed by atoms with Crippen LogP contribution in [0.15, 0.2) is 110 Å². The molecule has 3 aromatic heterocycles. The SMILES string of the molecule is Cc1ccccc1Oc1ccc(N2C(=S)N[C@@H](c3ccccn3)[C@@H]2c2ccc(C)n2-c2cccnc2)cc1. The number of hydrogen-bond donors (Lipinski definition) is 1. The van der Waals surface area contributed by atoms with E-state index < -0.39 is 0 Å². The van der Waals surface area contributed by atoms with Crippen molar-refractivity contribution < 1.29 is 4.74 Å². The van der Waals surface area contributed by atoms with Crippen LogP contribution < -0.4 is 15.0 Å². The zero-order valence-electron chi connectivity index (χ0n) is 21.2. The van der Waals surface area contributed by atoms with Gasteiger partial charge >= 0.3 is 0 Å². The van der Waals surface area contributed by atoms with Crippen LogP contribution in [0.4, 0.5) is 5.69 Å². The van der Waals surface area contributed by atoms with Crippen LogP contribution >= 0.6 is 12.2 Å². The lowest BCUT2D eigenvalue weighted by molar-refractivity contribution is 0.479. The first kappa shape index (κ1) is 23.9. The molecule has 0 spiro atoms. The van der Waals surface area contributed by atoms with Gasteiger partial charge in [0.25, 0.3) is 0 Å². The standard InChI is InChI=1S/C31H27N5OS/c1-21-8-3-4-11-28(21)37-25-15-13-23(14-16-25)36-30(29(34-31(36)38)26-10-5-6-19-33-26)27-17-12-22(2)35(27)24-9-7-18-32-20-24/h3-20,29-30H,1-2H3,(H,34,38)/t29-,30-/m0/s1. The Hall–Kier alpha value is -4.49. The van der Waals surface area contributed by atoms with Crippen molar-refractivity contribution in [3.05, 3.63) is 132 Å². The van der Waals surface area contributed by atoms with Crippen molar-refractivity contribution >= 4 is 23.0 Å². The monoisotopic (exact) mass is 517 g/mol. The predicted octanol–water partition coefficient (Wildman–Crippen LogP) is 6.85. The first-order chi connectivity index (χ1) is 18.6. The van der Waals surface area contributed by atoms with Crippen LogP contribution in [0.25, 0.3) is 5.69 Å². The summed E-state index contributed by atoms with van der Waals surface area (Å²) in [7, 11) is 0. The molecule has 2 atom stereocenters. The second-order valence-corrected chi connectivity index (χ2v) is 9.69. The fourth-order valence-corrected chi connectivity index (χ4v) is 5.38. The highest BCUT2D eigenvalue weighted by Gasteiger charge is 2.42. The first-order valence-corrected chi connectivity index (χ1v) is 12.9. The number of rotatable bonds is 6. The average molecular weight is 518 g/mol. The Labute approximate surface area is 227 Å². The summed E-state index contributed by atoms with van der Waals surface area (Å²) in [5.74, 6) is 1.62. The number of ether oxygens (including phenoxy) is 1. The minimum atomic E-state index is -0.144. The molecule has 6 rings (SSSR count). The molecule has 1 N–H and O–H groups in total. The Bertz CT molecular complexity index is 1570. The number of aromatic nitrogens is 3.